The molecule has 2 rings (SSSR count). The van der Waals surface area contributed by atoms with Crippen LogP contribution >= 0.6 is 0 Å². The first kappa shape index (κ1) is 15.5. The van der Waals surface area contributed by atoms with E-state index in [1.165, 1.54) is 0 Å². The molecule has 1 aliphatic rings. The van der Waals surface area contributed by atoms with E-state index < -0.39 is 10.0 Å². The zero-order valence-electron chi connectivity index (χ0n) is 12.7. The van der Waals surface area contributed by atoms with Crippen molar-refractivity contribution in [3.05, 3.63) is 11.4 Å². The highest BCUT2D eigenvalue weighted by Gasteiger charge is 2.31. The predicted octanol–water partition coefficient (Wildman–Crippen LogP) is 0.750. The Bertz CT molecular complexity index is 571. The highest BCUT2D eigenvalue weighted by Crippen LogP contribution is 2.24. The van der Waals surface area contributed by atoms with E-state index >= 15 is 0 Å². The van der Waals surface area contributed by atoms with E-state index in [1.807, 2.05) is 11.6 Å². The Kier molecular flexibility index (Phi) is 4.51. The minimum atomic E-state index is -3.43. The Labute approximate surface area is 121 Å². The molecule has 7 heteroatoms. The molecule has 2 heterocycles. The van der Waals surface area contributed by atoms with Crippen LogP contribution in [0.3, 0.4) is 0 Å². The molecule has 1 N–H and O–H groups in total. The third kappa shape index (κ3) is 2.89. The van der Waals surface area contributed by atoms with Gasteiger partial charge in [-0.25, -0.2) is 8.42 Å². The van der Waals surface area contributed by atoms with Gasteiger partial charge in [0.15, 0.2) is 0 Å². The standard InChI is InChI=1S/C13H24N4O2S/c1-10(2)9-17-12(4)13(11(3)15-17)20(18,19)16-7-5-14-6-8-16/h10,14H,5-9H2,1-4H3. The van der Waals surface area contributed by atoms with Crippen LogP contribution < -0.4 is 5.32 Å². The summed E-state index contributed by atoms with van der Waals surface area (Å²) < 4.78 is 28.9. The Hall–Kier alpha value is -0.920. The fourth-order valence-corrected chi connectivity index (χ4v) is 4.41. The maximum absolute atomic E-state index is 12.8. The van der Waals surface area contributed by atoms with Crippen LogP contribution in [0.5, 0.6) is 0 Å². The largest absolute Gasteiger partial charge is 0.314 e. The molecule has 0 saturated carbocycles. The van der Waals surface area contributed by atoms with Crippen molar-refractivity contribution in [2.75, 3.05) is 26.2 Å². The molecule has 0 spiro atoms. The lowest BCUT2D eigenvalue weighted by Crippen LogP contribution is -2.46. The van der Waals surface area contributed by atoms with E-state index in [-0.39, 0.29) is 0 Å². The Morgan fingerprint density at radius 1 is 1.25 bits per heavy atom. The number of piperazine rings is 1. The molecule has 0 bridgehead atoms. The molecule has 20 heavy (non-hydrogen) atoms. The van der Waals surface area contributed by atoms with E-state index in [1.54, 1.807) is 11.2 Å². The van der Waals surface area contributed by atoms with Gasteiger partial charge in [-0.3, -0.25) is 4.68 Å². The van der Waals surface area contributed by atoms with Crippen LogP contribution in [0.2, 0.25) is 0 Å². The molecule has 1 saturated heterocycles. The normalized spacial score (nSPS) is 17.9. The molecule has 0 atom stereocenters. The van der Waals surface area contributed by atoms with Crippen molar-refractivity contribution < 1.29 is 8.42 Å². The summed E-state index contributed by atoms with van der Waals surface area (Å²) in [6.45, 7) is 11.0. The van der Waals surface area contributed by atoms with E-state index in [2.05, 4.69) is 24.3 Å². The van der Waals surface area contributed by atoms with Crippen molar-refractivity contribution in [3.63, 3.8) is 0 Å². The minimum Gasteiger partial charge on any atom is -0.314 e. The highest BCUT2D eigenvalue weighted by molar-refractivity contribution is 7.89. The summed E-state index contributed by atoms with van der Waals surface area (Å²) in [5, 5.41) is 7.58. The molecule has 114 valence electrons. The zero-order valence-corrected chi connectivity index (χ0v) is 13.5. The monoisotopic (exact) mass is 300 g/mol. The number of sulfonamides is 1. The molecule has 0 aromatic carbocycles. The number of rotatable bonds is 4. The molecule has 0 aliphatic carbocycles. The van der Waals surface area contributed by atoms with Crippen molar-refractivity contribution >= 4 is 10.0 Å². The second kappa shape index (κ2) is 5.83. The van der Waals surface area contributed by atoms with Crippen LogP contribution in [-0.2, 0) is 16.6 Å². The quantitative estimate of drug-likeness (QED) is 0.891. The second-order valence-corrected chi connectivity index (χ2v) is 7.60. The van der Waals surface area contributed by atoms with Gasteiger partial charge in [0.1, 0.15) is 4.90 Å². The maximum atomic E-state index is 12.8. The van der Waals surface area contributed by atoms with Crippen molar-refractivity contribution in [2.24, 2.45) is 5.92 Å². The van der Waals surface area contributed by atoms with Crippen molar-refractivity contribution in [1.29, 1.82) is 0 Å². The van der Waals surface area contributed by atoms with Crippen molar-refractivity contribution in [2.45, 2.75) is 39.1 Å². The van der Waals surface area contributed by atoms with Gasteiger partial charge in [-0.2, -0.15) is 9.40 Å². The SMILES string of the molecule is Cc1nn(CC(C)C)c(C)c1S(=O)(=O)N1CCNCC1. The molecular weight excluding hydrogens is 276 g/mol. The van der Waals surface area contributed by atoms with E-state index in [4.69, 9.17) is 0 Å². The van der Waals surface area contributed by atoms with Crippen LogP contribution in [0.25, 0.3) is 0 Å². The van der Waals surface area contributed by atoms with Crippen LogP contribution in [0.1, 0.15) is 25.2 Å². The van der Waals surface area contributed by atoms with Gasteiger partial charge in [0, 0.05) is 32.7 Å². The van der Waals surface area contributed by atoms with Gasteiger partial charge >= 0.3 is 0 Å². The molecule has 1 aliphatic heterocycles. The molecule has 1 fully saturated rings. The summed E-state index contributed by atoms with van der Waals surface area (Å²) in [6.07, 6.45) is 0. The molecule has 1 aromatic rings. The third-order valence-electron chi connectivity index (χ3n) is 3.53. The smallest absolute Gasteiger partial charge is 0.246 e. The number of hydrogen-bond acceptors (Lipinski definition) is 4. The predicted molar refractivity (Wildman–Crippen MR) is 78.2 cm³/mol. The molecule has 0 radical (unpaired) electrons. The summed E-state index contributed by atoms with van der Waals surface area (Å²) in [5.74, 6) is 0.433. The Balaban J connectivity index is 2.38. The summed E-state index contributed by atoms with van der Waals surface area (Å²) in [6, 6.07) is 0. The van der Waals surface area contributed by atoms with Gasteiger partial charge in [0.25, 0.3) is 0 Å². The number of aryl methyl sites for hydroxylation is 1. The van der Waals surface area contributed by atoms with E-state index in [0.29, 0.717) is 42.7 Å². The average Bonchev–Trinajstić information content (AvgIpc) is 2.65. The van der Waals surface area contributed by atoms with Gasteiger partial charge in [-0.1, -0.05) is 13.8 Å². The van der Waals surface area contributed by atoms with E-state index in [9.17, 15) is 8.42 Å². The maximum Gasteiger partial charge on any atom is 0.246 e. The van der Waals surface area contributed by atoms with Gasteiger partial charge in [0.05, 0.1) is 11.4 Å². The zero-order chi connectivity index (χ0) is 14.9. The highest BCUT2D eigenvalue weighted by atomic mass is 32.2. The van der Waals surface area contributed by atoms with Crippen LogP contribution in [0.15, 0.2) is 4.90 Å². The molecular formula is C13H24N4O2S. The first-order chi connectivity index (χ1) is 9.34. The Morgan fingerprint density at radius 2 is 1.85 bits per heavy atom. The second-order valence-electron chi connectivity index (χ2n) is 5.73. The minimum absolute atomic E-state index is 0.389. The van der Waals surface area contributed by atoms with Crippen LogP contribution in [0, 0.1) is 19.8 Å². The first-order valence-corrected chi connectivity index (χ1v) is 8.53. The van der Waals surface area contributed by atoms with Gasteiger partial charge in [-0.15, -0.1) is 0 Å². The third-order valence-corrected chi connectivity index (χ3v) is 5.68. The topological polar surface area (TPSA) is 67.2 Å². The lowest BCUT2D eigenvalue weighted by molar-refractivity contribution is 0.359. The number of nitrogens with zero attached hydrogens (tertiary/aromatic N) is 3. The Morgan fingerprint density at radius 3 is 2.40 bits per heavy atom. The van der Waals surface area contributed by atoms with Crippen molar-refractivity contribution in [3.8, 4) is 0 Å². The molecule has 0 amide bonds. The fourth-order valence-electron chi connectivity index (χ4n) is 2.59. The molecule has 0 unspecified atom stereocenters. The summed E-state index contributed by atoms with van der Waals surface area (Å²) in [4.78, 5) is 0.389. The summed E-state index contributed by atoms with van der Waals surface area (Å²) in [5.41, 5.74) is 1.34. The van der Waals surface area contributed by atoms with Crippen molar-refractivity contribution in [1.82, 2.24) is 19.4 Å². The first-order valence-electron chi connectivity index (χ1n) is 7.09. The number of hydrogen-bond donors (Lipinski definition) is 1. The van der Waals surface area contributed by atoms with Gasteiger partial charge in [-0.05, 0) is 19.8 Å². The van der Waals surface area contributed by atoms with Crippen LogP contribution in [-0.4, -0.2) is 48.7 Å². The number of aromatic nitrogens is 2. The fraction of sp³-hybridized carbons (Fsp3) is 0.769. The lowest BCUT2D eigenvalue weighted by atomic mass is 10.2. The molecule has 1 aromatic heterocycles. The van der Waals surface area contributed by atoms with Gasteiger partial charge < -0.3 is 5.32 Å². The van der Waals surface area contributed by atoms with Gasteiger partial charge in [0.2, 0.25) is 10.0 Å². The summed E-state index contributed by atoms with van der Waals surface area (Å²) >= 11 is 0. The number of nitrogens with one attached hydrogen (secondary N) is 1. The van der Waals surface area contributed by atoms with Crippen LogP contribution in [0.4, 0.5) is 0 Å². The average molecular weight is 300 g/mol. The summed E-state index contributed by atoms with van der Waals surface area (Å²) in [7, 11) is -3.43. The van der Waals surface area contributed by atoms with E-state index in [0.717, 1.165) is 12.2 Å². The molecule has 6 nitrogen and oxygen atoms in total. The lowest BCUT2D eigenvalue weighted by Gasteiger charge is -2.26.